The Morgan fingerprint density at radius 1 is 1.20 bits per heavy atom. The number of benzene rings is 1. The van der Waals surface area contributed by atoms with E-state index in [4.69, 9.17) is 5.73 Å². The van der Waals surface area contributed by atoms with E-state index >= 15 is 0 Å². The molecule has 0 saturated carbocycles. The van der Waals surface area contributed by atoms with E-state index in [9.17, 15) is 4.79 Å². The Balaban J connectivity index is 2.02. The van der Waals surface area contributed by atoms with Gasteiger partial charge >= 0.3 is 0 Å². The molecule has 1 aliphatic rings. The second-order valence-corrected chi connectivity index (χ2v) is 5.14. The summed E-state index contributed by atoms with van der Waals surface area (Å²) in [6.07, 6.45) is 1.96. The molecule has 0 saturated heterocycles. The molecule has 1 aromatic carbocycles. The molecule has 0 spiro atoms. The number of nitrogens with two attached hydrogens (primary N) is 1. The molecule has 4 nitrogen and oxygen atoms in total. The fourth-order valence-corrected chi connectivity index (χ4v) is 2.78. The smallest absolute Gasteiger partial charge is 0.169 e. The third-order valence-electron chi connectivity index (χ3n) is 3.80. The van der Waals surface area contributed by atoms with Gasteiger partial charge in [-0.25, -0.2) is 9.97 Å². The number of nitrogen functional groups attached to an aromatic ring is 1. The van der Waals surface area contributed by atoms with Crippen molar-refractivity contribution in [2.24, 2.45) is 0 Å². The summed E-state index contributed by atoms with van der Waals surface area (Å²) in [6.45, 7) is 1.99. The number of carbonyl (C=O) groups excluding carboxylic acids is 1. The fourth-order valence-electron chi connectivity index (χ4n) is 2.78. The lowest BCUT2D eigenvalue weighted by Gasteiger charge is -2.24. The largest absolute Gasteiger partial charge is 0.383 e. The Bertz CT molecular complexity index is 652. The van der Waals surface area contributed by atoms with Crippen molar-refractivity contribution in [1.29, 1.82) is 0 Å². The third-order valence-corrected chi connectivity index (χ3v) is 3.80. The zero-order valence-electron chi connectivity index (χ0n) is 11.5. The van der Waals surface area contributed by atoms with E-state index < -0.39 is 0 Å². The molecular weight excluding hydrogens is 250 g/mol. The highest BCUT2D eigenvalue weighted by atomic mass is 16.1. The Hall–Kier alpha value is -2.23. The first-order chi connectivity index (χ1) is 9.69. The molecular formula is C16H17N3O. The van der Waals surface area contributed by atoms with Crippen LogP contribution in [0.1, 0.15) is 46.7 Å². The van der Waals surface area contributed by atoms with Gasteiger partial charge in [0.25, 0.3) is 0 Å². The van der Waals surface area contributed by atoms with Crippen LogP contribution in [0.3, 0.4) is 0 Å². The monoisotopic (exact) mass is 267 g/mol. The highest BCUT2D eigenvalue weighted by molar-refractivity contribution is 6.02. The minimum absolute atomic E-state index is 0.0558. The molecule has 20 heavy (non-hydrogen) atoms. The van der Waals surface area contributed by atoms with Crippen molar-refractivity contribution in [3.05, 3.63) is 53.0 Å². The highest BCUT2D eigenvalue weighted by Crippen LogP contribution is 2.33. The maximum absolute atomic E-state index is 12.3. The van der Waals surface area contributed by atoms with Gasteiger partial charge in [-0.1, -0.05) is 37.3 Å². The Kier molecular flexibility index (Phi) is 3.22. The Labute approximate surface area is 118 Å². The van der Waals surface area contributed by atoms with Gasteiger partial charge < -0.3 is 5.73 Å². The lowest BCUT2D eigenvalue weighted by molar-refractivity contribution is 0.0963. The second kappa shape index (κ2) is 5.04. The van der Waals surface area contributed by atoms with Crippen LogP contribution in [0.2, 0.25) is 0 Å². The summed E-state index contributed by atoms with van der Waals surface area (Å²) >= 11 is 0. The van der Waals surface area contributed by atoms with Crippen LogP contribution in [-0.2, 0) is 12.8 Å². The van der Waals surface area contributed by atoms with Crippen molar-refractivity contribution in [1.82, 2.24) is 9.97 Å². The molecule has 0 amide bonds. The number of carbonyl (C=O) groups is 1. The number of anilines is 1. The van der Waals surface area contributed by atoms with Gasteiger partial charge in [-0.15, -0.1) is 0 Å². The van der Waals surface area contributed by atoms with Crippen LogP contribution < -0.4 is 5.73 Å². The molecule has 1 heterocycles. The molecule has 1 aromatic heterocycles. The predicted molar refractivity (Wildman–Crippen MR) is 77.7 cm³/mol. The van der Waals surface area contributed by atoms with E-state index in [2.05, 4.69) is 22.1 Å². The molecule has 2 aromatic rings. The van der Waals surface area contributed by atoms with Crippen LogP contribution >= 0.6 is 0 Å². The summed E-state index contributed by atoms with van der Waals surface area (Å²) in [4.78, 5) is 21.0. The third kappa shape index (κ3) is 2.18. The molecule has 3 rings (SSSR count). The number of fused-ring (bicyclic) bond motifs is 1. The number of aromatic nitrogens is 2. The molecule has 0 unspecified atom stereocenters. The van der Waals surface area contributed by atoms with Crippen molar-refractivity contribution in [2.45, 2.75) is 32.1 Å². The summed E-state index contributed by atoms with van der Waals surface area (Å²) in [5.74, 6) is 1.29. The van der Waals surface area contributed by atoms with Gasteiger partial charge in [-0.3, -0.25) is 4.79 Å². The number of hydrogen-bond acceptors (Lipinski definition) is 4. The topological polar surface area (TPSA) is 68.9 Å². The molecule has 1 aliphatic carbocycles. The first-order valence-corrected chi connectivity index (χ1v) is 6.92. The molecule has 1 atom stereocenters. The maximum atomic E-state index is 12.3. The zero-order valence-corrected chi connectivity index (χ0v) is 11.5. The van der Waals surface area contributed by atoms with Gasteiger partial charge in [0, 0.05) is 12.8 Å². The summed E-state index contributed by atoms with van der Waals surface area (Å²) in [5.41, 5.74) is 8.44. The van der Waals surface area contributed by atoms with Gasteiger partial charge in [0.1, 0.15) is 11.6 Å². The average molecular weight is 267 g/mol. The van der Waals surface area contributed by atoms with E-state index in [-0.39, 0.29) is 11.7 Å². The van der Waals surface area contributed by atoms with Gasteiger partial charge in [-0.05, 0) is 17.9 Å². The number of rotatable bonds is 2. The molecule has 4 heteroatoms. The van der Waals surface area contributed by atoms with E-state index in [0.29, 0.717) is 23.6 Å². The van der Waals surface area contributed by atoms with Crippen molar-refractivity contribution in [2.75, 3.05) is 5.73 Å². The highest BCUT2D eigenvalue weighted by Gasteiger charge is 2.29. The van der Waals surface area contributed by atoms with Crippen molar-refractivity contribution in [3.8, 4) is 0 Å². The number of aryl methyl sites for hydroxylation is 1. The van der Waals surface area contributed by atoms with Crippen molar-refractivity contribution >= 4 is 11.6 Å². The minimum Gasteiger partial charge on any atom is -0.383 e. The summed E-state index contributed by atoms with van der Waals surface area (Å²) in [6, 6.07) is 10.1. The van der Waals surface area contributed by atoms with E-state index in [1.165, 1.54) is 5.56 Å². The van der Waals surface area contributed by atoms with Crippen LogP contribution in [0.15, 0.2) is 30.3 Å². The minimum atomic E-state index is 0.0558. The van der Waals surface area contributed by atoms with Crippen LogP contribution in [0.4, 0.5) is 5.82 Å². The molecule has 0 bridgehead atoms. The summed E-state index contributed by atoms with van der Waals surface area (Å²) in [5, 5.41) is 0. The summed E-state index contributed by atoms with van der Waals surface area (Å²) in [7, 11) is 0. The van der Waals surface area contributed by atoms with Crippen LogP contribution in [0, 0.1) is 0 Å². The molecule has 2 N–H and O–H groups in total. The number of Topliss-reactive ketones (excluding diaryl/α,β-unsaturated/α-hetero) is 1. The number of ketones is 1. The van der Waals surface area contributed by atoms with Gasteiger partial charge in [0.05, 0.1) is 11.3 Å². The Morgan fingerprint density at radius 2 is 1.95 bits per heavy atom. The lowest BCUT2D eigenvalue weighted by Crippen LogP contribution is -2.23. The zero-order chi connectivity index (χ0) is 14.1. The molecule has 0 fully saturated rings. The van der Waals surface area contributed by atoms with E-state index in [1.54, 1.807) is 0 Å². The fraction of sp³-hybridized carbons (Fsp3) is 0.312. The quantitative estimate of drug-likeness (QED) is 0.907. The normalized spacial score (nSPS) is 17.9. The van der Waals surface area contributed by atoms with Crippen molar-refractivity contribution < 1.29 is 4.79 Å². The molecule has 0 aliphatic heterocycles. The van der Waals surface area contributed by atoms with Crippen LogP contribution in [0.5, 0.6) is 0 Å². The standard InChI is InChI=1S/C16H17N3O/c1-2-14-18-12-8-11(10-6-4-3-5-7-10)9-13(20)15(12)16(17)19-14/h3-7,11H,2,8-9H2,1H3,(H2,17,18,19)/t11-/m0/s1. The second-order valence-electron chi connectivity index (χ2n) is 5.14. The van der Waals surface area contributed by atoms with Gasteiger partial charge in [0.15, 0.2) is 5.78 Å². The number of nitrogens with zero attached hydrogens (tertiary/aromatic N) is 2. The first-order valence-electron chi connectivity index (χ1n) is 6.92. The molecule has 0 radical (unpaired) electrons. The SMILES string of the molecule is CCc1nc(N)c2c(n1)C[C@H](c1ccccc1)CC2=O. The van der Waals surface area contributed by atoms with Gasteiger partial charge in [-0.2, -0.15) is 0 Å². The lowest BCUT2D eigenvalue weighted by atomic mass is 9.82. The first kappa shape index (κ1) is 12.8. The van der Waals surface area contributed by atoms with Crippen LogP contribution in [0.25, 0.3) is 0 Å². The Morgan fingerprint density at radius 3 is 2.65 bits per heavy atom. The predicted octanol–water partition coefficient (Wildman–Crippen LogP) is 2.53. The van der Waals surface area contributed by atoms with Gasteiger partial charge in [0.2, 0.25) is 0 Å². The van der Waals surface area contributed by atoms with Crippen LogP contribution in [-0.4, -0.2) is 15.8 Å². The number of hydrogen-bond donors (Lipinski definition) is 1. The molecule has 102 valence electrons. The average Bonchev–Trinajstić information content (AvgIpc) is 2.47. The van der Waals surface area contributed by atoms with E-state index in [0.717, 1.165) is 18.5 Å². The van der Waals surface area contributed by atoms with E-state index in [1.807, 2.05) is 25.1 Å². The summed E-state index contributed by atoms with van der Waals surface area (Å²) < 4.78 is 0. The van der Waals surface area contributed by atoms with Crippen molar-refractivity contribution in [3.63, 3.8) is 0 Å². The maximum Gasteiger partial charge on any atom is 0.169 e.